The molecule has 0 fully saturated rings. The summed E-state index contributed by atoms with van der Waals surface area (Å²) in [5.41, 5.74) is 1.33. The number of hydrogen-bond acceptors (Lipinski definition) is 1. The average molecular weight is 213 g/mol. The molecule has 0 radical (unpaired) electrons. The molecule has 1 nitrogen and oxygen atoms in total. The molecule has 0 saturated carbocycles. The number of benzene rings is 1. The van der Waals surface area contributed by atoms with E-state index in [-0.39, 0.29) is 0 Å². The zero-order chi connectivity index (χ0) is 11.5. The van der Waals surface area contributed by atoms with E-state index < -0.39 is 0 Å². The minimum atomic E-state index is 0.942. The number of allylic oxidation sites excluding steroid dienone is 4. The van der Waals surface area contributed by atoms with Gasteiger partial charge in [0.2, 0.25) is 0 Å². The third-order valence-corrected chi connectivity index (χ3v) is 2.15. The second-order valence-electron chi connectivity index (χ2n) is 3.50. The van der Waals surface area contributed by atoms with Crippen molar-refractivity contribution in [2.75, 3.05) is 6.54 Å². The smallest absolute Gasteiger partial charge is 0.0205 e. The van der Waals surface area contributed by atoms with Crippen LogP contribution in [0.15, 0.2) is 67.3 Å². The number of hydrogen-bond donors (Lipinski definition) is 1. The molecule has 0 bridgehead atoms. The third-order valence-electron chi connectivity index (χ3n) is 2.15. The average Bonchev–Trinajstić information content (AvgIpc) is 2.34. The largest absolute Gasteiger partial charge is 0.312 e. The molecule has 16 heavy (non-hydrogen) atoms. The zero-order valence-electron chi connectivity index (χ0n) is 9.60. The summed E-state index contributed by atoms with van der Waals surface area (Å²) < 4.78 is 0. The molecule has 0 heterocycles. The van der Waals surface area contributed by atoms with E-state index in [1.54, 1.807) is 6.08 Å². The molecule has 0 atom stereocenters. The highest BCUT2D eigenvalue weighted by atomic mass is 14.8. The van der Waals surface area contributed by atoms with Crippen molar-refractivity contribution in [3.63, 3.8) is 0 Å². The lowest BCUT2D eigenvalue weighted by molar-refractivity contribution is 0.695. The van der Waals surface area contributed by atoms with Crippen LogP contribution >= 0.6 is 0 Å². The van der Waals surface area contributed by atoms with Gasteiger partial charge in [-0.05, 0) is 18.5 Å². The van der Waals surface area contributed by atoms with Gasteiger partial charge in [-0.25, -0.2) is 0 Å². The molecule has 1 aromatic carbocycles. The van der Waals surface area contributed by atoms with Gasteiger partial charge in [-0.3, -0.25) is 0 Å². The van der Waals surface area contributed by atoms with Crippen LogP contribution in [0, 0.1) is 0 Å². The van der Waals surface area contributed by atoms with Crippen LogP contribution in [0.25, 0.3) is 0 Å². The molecule has 0 amide bonds. The van der Waals surface area contributed by atoms with E-state index in [2.05, 4.69) is 42.2 Å². The summed E-state index contributed by atoms with van der Waals surface area (Å²) in [5.74, 6) is 0. The molecule has 0 saturated heterocycles. The maximum Gasteiger partial charge on any atom is 0.0205 e. The molecule has 1 rings (SSSR count). The van der Waals surface area contributed by atoms with Crippen LogP contribution in [-0.4, -0.2) is 6.54 Å². The van der Waals surface area contributed by atoms with Crippen molar-refractivity contribution in [3.05, 3.63) is 72.9 Å². The SMILES string of the molecule is C=C/C=C\C=C/CCNCc1ccccc1. The van der Waals surface area contributed by atoms with Crippen LogP contribution in [0.5, 0.6) is 0 Å². The summed E-state index contributed by atoms with van der Waals surface area (Å²) in [5, 5.41) is 3.40. The first kappa shape index (κ1) is 12.5. The third kappa shape index (κ3) is 5.99. The van der Waals surface area contributed by atoms with Gasteiger partial charge in [-0.15, -0.1) is 0 Å². The number of rotatable bonds is 7. The topological polar surface area (TPSA) is 12.0 Å². The lowest BCUT2D eigenvalue weighted by atomic mass is 10.2. The van der Waals surface area contributed by atoms with Gasteiger partial charge >= 0.3 is 0 Å². The van der Waals surface area contributed by atoms with Gasteiger partial charge in [0.15, 0.2) is 0 Å². The fraction of sp³-hybridized carbons (Fsp3) is 0.200. The first-order chi connectivity index (χ1) is 7.93. The maximum atomic E-state index is 3.61. The van der Waals surface area contributed by atoms with Gasteiger partial charge in [0.1, 0.15) is 0 Å². The van der Waals surface area contributed by atoms with E-state index in [1.165, 1.54) is 5.56 Å². The summed E-state index contributed by atoms with van der Waals surface area (Å²) >= 11 is 0. The molecular weight excluding hydrogens is 194 g/mol. The Hall–Kier alpha value is -1.60. The normalized spacial score (nSPS) is 11.2. The second-order valence-corrected chi connectivity index (χ2v) is 3.50. The van der Waals surface area contributed by atoms with Gasteiger partial charge in [0.25, 0.3) is 0 Å². The van der Waals surface area contributed by atoms with Crippen molar-refractivity contribution in [3.8, 4) is 0 Å². The lowest BCUT2D eigenvalue weighted by Gasteiger charge is -2.02. The Balaban J connectivity index is 2.06. The summed E-state index contributed by atoms with van der Waals surface area (Å²) in [7, 11) is 0. The summed E-state index contributed by atoms with van der Waals surface area (Å²) in [6.07, 6.45) is 10.9. The standard InChI is InChI=1S/C15H19N/c1-2-3-4-5-6-10-13-16-14-15-11-8-7-9-12-15/h2-9,11-12,16H,1,10,13-14H2/b4-3-,6-5-. The molecule has 0 aliphatic heterocycles. The highest BCUT2D eigenvalue weighted by Crippen LogP contribution is 1.97. The zero-order valence-corrected chi connectivity index (χ0v) is 9.60. The second kappa shape index (κ2) is 8.69. The first-order valence-corrected chi connectivity index (χ1v) is 5.62. The van der Waals surface area contributed by atoms with E-state index in [0.29, 0.717) is 0 Å². The van der Waals surface area contributed by atoms with E-state index in [9.17, 15) is 0 Å². The highest BCUT2D eigenvalue weighted by molar-refractivity contribution is 5.14. The van der Waals surface area contributed by atoms with Crippen molar-refractivity contribution in [2.24, 2.45) is 0 Å². The van der Waals surface area contributed by atoms with Crippen LogP contribution in [0.1, 0.15) is 12.0 Å². The Bertz CT molecular complexity index is 336. The van der Waals surface area contributed by atoms with Crippen molar-refractivity contribution in [1.29, 1.82) is 0 Å². The number of nitrogens with one attached hydrogen (secondary N) is 1. The Kier molecular flexibility index (Phi) is 6.77. The van der Waals surface area contributed by atoms with Gasteiger partial charge in [0, 0.05) is 6.54 Å². The molecule has 84 valence electrons. The van der Waals surface area contributed by atoms with Crippen LogP contribution < -0.4 is 5.32 Å². The highest BCUT2D eigenvalue weighted by Gasteiger charge is 1.88. The summed E-state index contributed by atoms with van der Waals surface area (Å²) in [6, 6.07) is 10.4. The van der Waals surface area contributed by atoms with E-state index >= 15 is 0 Å². The van der Waals surface area contributed by atoms with Crippen LogP contribution in [0.4, 0.5) is 0 Å². The van der Waals surface area contributed by atoms with Crippen LogP contribution in [0.3, 0.4) is 0 Å². The monoisotopic (exact) mass is 213 g/mol. The molecule has 0 aliphatic carbocycles. The van der Waals surface area contributed by atoms with Crippen molar-refractivity contribution < 1.29 is 0 Å². The molecule has 1 N–H and O–H groups in total. The van der Waals surface area contributed by atoms with Crippen LogP contribution in [-0.2, 0) is 6.54 Å². The molecule has 0 spiro atoms. The van der Waals surface area contributed by atoms with Crippen molar-refractivity contribution >= 4 is 0 Å². The summed E-state index contributed by atoms with van der Waals surface area (Å²) in [6.45, 7) is 5.56. The molecule has 0 aliphatic rings. The Morgan fingerprint density at radius 3 is 2.62 bits per heavy atom. The maximum absolute atomic E-state index is 3.61. The first-order valence-electron chi connectivity index (χ1n) is 5.62. The van der Waals surface area contributed by atoms with E-state index in [1.807, 2.05) is 24.3 Å². The van der Waals surface area contributed by atoms with Gasteiger partial charge in [-0.1, -0.05) is 67.3 Å². The van der Waals surface area contributed by atoms with Gasteiger partial charge in [0.05, 0.1) is 0 Å². The van der Waals surface area contributed by atoms with Gasteiger partial charge in [-0.2, -0.15) is 0 Å². The van der Waals surface area contributed by atoms with Gasteiger partial charge < -0.3 is 5.32 Å². The van der Waals surface area contributed by atoms with Crippen molar-refractivity contribution in [1.82, 2.24) is 5.32 Å². The fourth-order valence-corrected chi connectivity index (χ4v) is 1.33. The predicted molar refractivity (Wildman–Crippen MR) is 71.2 cm³/mol. The molecule has 1 aromatic rings. The molecule has 1 heteroatoms. The van der Waals surface area contributed by atoms with Crippen LogP contribution in [0.2, 0.25) is 0 Å². The molecule has 0 aromatic heterocycles. The van der Waals surface area contributed by atoms with E-state index in [0.717, 1.165) is 19.5 Å². The quantitative estimate of drug-likeness (QED) is 0.540. The molecule has 0 unspecified atom stereocenters. The Morgan fingerprint density at radius 2 is 1.88 bits per heavy atom. The minimum absolute atomic E-state index is 0.942. The van der Waals surface area contributed by atoms with E-state index in [4.69, 9.17) is 0 Å². The lowest BCUT2D eigenvalue weighted by Crippen LogP contribution is -2.13. The predicted octanol–water partition coefficient (Wildman–Crippen LogP) is 3.46. The Morgan fingerprint density at radius 1 is 1.06 bits per heavy atom. The summed E-state index contributed by atoms with van der Waals surface area (Å²) in [4.78, 5) is 0. The molecular formula is C15H19N. The van der Waals surface area contributed by atoms with Crippen molar-refractivity contribution in [2.45, 2.75) is 13.0 Å². The Labute approximate surface area is 98.2 Å². The fourth-order valence-electron chi connectivity index (χ4n) is 1.33. The minimum Gasteiger partial charge on any atom is -0.312 e.